The Bertz CT molecular complexity index is 279. The van der Waals surface area contributed by atoms with Crippen LogP contribution in [0, 0.1) is 6.92 Å². The van der Waals surface area contributed by atoms with Crippen LogP contribution in [-0.4, -0.2) is 5.11 Å². The molecule has 0 aliphatic rings. The van der Waals surface area contributed by atoms with Crippen molar-refractivity contribution in [1.29, 1.82) is 0 Å². The first-order valence-corrected chi connectivity index (χ1v) is 3.74. The first kappa shape index (κ1) is 8.15. The monoisotopic (exact) mass is 168 g/mol. The van der Waals surface area contributed by atoms with Gasteiger partial charge in [0.2, 0.25) is 0 Å². The van der Waals surface area contributed by atoms with Crippen molar-refractivity contribution in [2.45, 2.75) is 6.92 Å². The average molecular weight is 169 g/mol. The van der Waals surface area contributed by atoms with Crippen molar-refractivity contribution in [3.8, 4) is 5.75 Å². The maximum Gasteiger partial charge on any atom is 0.119 e. The lowest BCUT2D eigenvalue weighted by atomic mass is 10.1. The van der Waals surface area contributed by atoms with Gasteiger partial charge in [-0.25, -0.2) is 0 Å². The van der Waals surface area contributed by atoms with Crippen LogP contribution in [0.2, 0.25) is 0 Å². The highest BCUT2D eigenvalue weighted by Crippen LogP contribution is 2.20. The van der Waals surface area contributed by atoms with E-state index in [1.54, 1.807) is 18.2 Å². The molecule has 0 saturated heterocycles. The van der Waals surface area contributed by atoms with E-state index in [1.165, 1.54) is 5.54 Å². The molecular formula is C9H9ClO. The molecule has 1 N–H and O–H groups in total. The number of hydrogen-bond donors (Lipinski definition) is 1. The fraction of sp³-hybridized carbons (Fsp3) is 0.111. The molecule has 0 aromatic heterocycles. The molecule has 58 valence electrons. The van der Waals surface area contributed by atoms with E-state index in [0.29, 0.717) is 5.75 Å². The molecule has 11 heavy (non-hydrogen) atoms. The summed E-state index contributed by atoms with van der Waals surface area (Å²) in [4.78, 5) is 0. The molecule has 0 aliphatic heterocycles. The van der Waals surface area contributed by atoms with E-state index in [0.717, 1.165) is 11.1 Å². The summed E-state index contributed by atoms with van der Waals surface area (Å²) in [6.45, 7) is 1.85. The number of rotatable bonds is 1. The van der Waals surface area contributed by atoms with Gasteiger partial charge in [-0.05, 0) is 30.2 Å². The molecule has 1 rings (SSSR count). The predicted octanol–water partition coefficient (Wildman–Crippen LogP) is 2.91. The Morgan fingerprint density at radius 1 is 1.45 bits per heavy atom. The van der Waals surface area contributed by atoms with Crippen LogP contribution in [0.25, 0.3) is 6.08 Å². The van der Waals surface area contributed by atoms with Crippen LogP contribution in [0.1, 0.15) is 11.1 Å². The zero-order valence-corrected chi connectivity index (χ0v) is 6.97. The molecule has 0 saturated carbocycles. The molecule has 0 bridgehead atoms. The van der Waals surface area contributed by atoms with Gasteiger partial charge in [-0.3, -0.25) is 0 Å². The molecule has 0 fully saturated rings. The third kappa shape index (κ3) is 1.75. The lowest BCUT2D eigenvalue weighted by molar-refractivity contribution is 0.471. The summed E-state index contributed by atoms with van der Waals surface area (Å²) in [5, 5.41) is 9.25. The third-order valence-corrected chi connectivity index (χ3v) is 1.72. The van der Waals surface area contributed by atoms with Crippen LogP contribution in [0.15, 0.2) is 23.7 Å². The molecule has 0 atom stereocenters. The SMILES string of the molecule is Cc1c(O)cccc1C=CCl. The predicted molar refractivity (Wildman–Crippen MR) is 47.7 cm³/mol. The summed E-state index contributed by atoms with van der Waals surface area (Å²) in [5.41, 5.74) is 3.23. The molecule has 0 aliphatic carbocycles. The minimum atomic E-state index is 0.303. The minimum absolute atomic E-state index is 0.303. The molecule has 1 aromatic rings. The number of halogens is 1. The Balaban J connectivity index is 3.16. The van der Waals surface area contributed by atoms with Gasteiger partial charge in [-0.2, -0.15) is 0 Å². The van der Waals surface area contributed by atoms with Gasteiger partial charge in [-0.1, -0.05) is 23.7 Å². The van der Waals surface area contributed by atoms with Gasteiger partial charge in [0.15, 0.2) is 0 Å². The number of phenolic OH excluding ortho intramolecular Hbond substituents is 1. The Morgan fingerprint density at radius 2 is 2.18 bits per heavy atom. The summed E-state index contributed by atoms with van der Waals surface area (Å²) in [5.74, 6) is 0.303. The Morgan fingerprint density at radius 3 is 2.82 bits per heavy atom. The fourth-order valence-corrected chi connectivity index (χ4v) is 1.02. The molecule has 0 radical (unpaired) electrons. The second kappa shape index (κ2) is 3.44. The summed E-state index contributed by atoms with van der Waals surface area (Å²) in [6.07, 6.45) is 1.75. The van der Waals surface area contributed by atoms with Crippen LogP contribution in [0.3, 0.4) is 0 Å². The van der Waals surface area contributed by atoms with E-state index in [-0.39, 0.29) is 0 Å². The average Bonchev–Trinajstić information content (AvgIpc) is 1.99. The zero-order chi connectivity index (χ0) is 8.27. The maximum atomic E-state index is 9.25. The highest BCUT2D eigenvalue weighted by Gasteiger charge is 1.97. The summed E-state index contributed by atoms with van der Waals surface area (Å²) >= 11 is 5.40. The molecule has 0 heterocycles. The van der Waals surface area contributed by atoms with Gasteiger partial charge in [0.05, 0.1) is 0 Å². The van der Waals surface area contributed by atoms with Gasteiger partial charge < -0.3 is 5.11 Å². The van der Waals surface area contributed by atoms with Gasteiger partial charge >= 0.3 is 0 Å². The molecule has 0 spiro atoms. The standard InChI is InChI=1S/C9H9ClO/c1-7-8(5-6-10)3-2-4-9(7)11/h2-6,11H,1H3. The van der Waals surface area contributed by atoms with Crippen molar-refractivity contribution < 1.29 is 5.11 Å². The van der Waals surface area contributed by atoms with Crippen molar-refractivity contribution in [2.75, 3.05) is 0 Å². The van der Waals surface area contributed by atoms with Crippen LogP contribution in [0.4, 0.5) is 0 Å². The van der Waals surface area contributed by atoms with E-state index in [2.05, 4.69) is 0 Å². The van der Waals surface area contributed by atoms with Crippen molar-refractivity contribution in [1.82, 2.24) is 0 Å². The first-order valence-electron chi connectivity index (χ1n) is 3.31. The van der Waals surface area contributed by atoms with Crippen LogP contribution < -0.4 is 0 Å². The summed E-state index contributed by atoms with van der Waals surface area (Å²) in [7, 11) is 0. The largest absolute Gasteiger partial charge is 0.508 e. The number of phenols is 1. The van der Waals surface area contributed by atoms with E-state index in [1.807, 2.05) is 13.0 Å². The second-order valence-corrected chi connectivity index (χ2v) is 2.54. The van der Waals surface area contributed by atoms with Gasteiger partial charge in [-0.15, -0.1) is 0 Å². The van der Waals surface area contributed by atoms with Crippen molar-refractivity contribution >= 4 is 17.7 Å². The summed E-state index contributed by atoms with van der Waals surface area (Å²) in [6, 6.07) is 5.34. The van der Waals surface area contributed by atoms with Gasteiger partial charge in [0, 0.05) is 5.54 Å². The van der Waals surface area contributed by atoms with Crippen LogP contribution >= 0.6 is 11.6 Å². The van der Waals surface area contributed by atoms with Crippen molar-refractivity contribution in [2.24, 2.45) is 0 Å². The Kier molecular flexibility index (Phi) is 2.55. The van der Waals surface area contributed by atoms with E-state index < -0.39 is 0 Å². The van der Waals surface area contributed by atoms with E-state index in [4.69, 9.17) is 11.6 Å². The number of benzene rings is 1. The first-order chi connectivity index (χ1) is 5.25. The maximum absolute atomic E-state index is 9.25. The normalized spacial score (nSPS) is 10.7. The fourth-order valence-electron chi connectivity index (χ4n) is 0.889. The van der Waals surface area contributed by atoms with E-state index >= 15 is 0 Å². The molecule has 1 aromatic carbocycles. The van der Waals surface area contributed by atoms with E-state index in [9.17, 15) is 5.11 Å². The quantitative estimate of drug-likeness (QED) is 0.684. The minimum Gasteiger partial charge on any atom is -0.508 e. The van der Waals surface area contributed by atoms with Gasteiger partial charge in [0.25, 0.3) is 0 Å². The van der Waals surface area contributed by atoms with Crippen molar-refractivity contribution in [3.63, 3.8) is 0 Å². The molecule has 0 unspecified atom stereocenters. The lowest BCUT2D eigenvalue weighted by Crippen LogP contribution is -1.79. The molecule has 0 amide bonds. The Labute approximate surface area is 70.9 Å². The molecular weight excluding hydrogens is 160 g/mol. The lowest BCUT2D eigenvalue weighted by Gasteiger charge is -2.00. The zero-order valence-electron chi connectivity index (χ0n) is 6.21. The molecule has 1 nitrogen and oxygen atoms in total. The molecule has 2 heteroatoms. The highest BCUT2D eigenvalue weighted by molar-refractivity contribution is 6.27. The number of aromatic hydroxyl groups is 1. The van der Waals surface area contributed by atoms with Crippen LogP contribution in [0.5, 0.6) is 5.75 Å². The van der Waals surface area contributed by atoms with Gasteiger partial charge in [0.1, 0.15) is 5.75 Å². The summed E-state index contributed by atoms with van der Waals surface area (Å²) < 4.78 is 0. The third-order valence-electron chi connectivity index (χ3n) is 1.59. The highest BCUT2D eigenvalue weighted by atomic mass is 35.5. The second-order valence-electron chi connectivity index (χ2n) is 2.28. The Hall–Kier alpha value is -0.950. The number of hydrogen-bond acceptors (Lipinski definition) is 1. The topological polar surface area (TPSA) is 20.2 Å². The smallest absolute Gasteiger partial charge is 0.119 e. The van der Waals surface area contributed by atoms with Crippen molar-refractivity contribution in [3.05, 3.63) is 34.9 Å². The van der Waals surface area contributed by atoms with Crippen LogP contribution in [-0.2, 0) is 0 Å².